The largest absolute Gasteiger partial charge is 0.481 e. The number of aliphatic carboxylic acids is 2. The van der Waals surface area contributed by atoms with Crippen molar-refractivity contribution in [3.8, 4) is 0 Å². The molecule has 0 saturated carbocycles. The number of para-hydroxylation sites is 1. The van der Waals surface area contributed by atoms with Gasteiger partial charge in [0.25, 0.3) is 0 Å². The van der Waals surface area contributed by atoms with Crippen molar-refractivity contribution >= 4 is 46.8 Å². The molecule has 2 aromatic rings. The fourth-order valence-corrected chi connectivity index (χ4v) is 4.30. The van der Waals surface area contributed by atoms with E-state index in [-0.39, 0.29) is 23.4 Å². The second-order valence-corrected chi connectivity index (χ2v) is 8.80. The van der Waals surface area contributed by atoms with Crippen LogP contribution in [0.4, 0.5) is 11.4 Å². The lowest BCUT2D eigenvalue weighted by atomic mass is 9.99. The van der Waals surface area contributed by atoms with Crippen molar-refractivity contribution in [2.75, 3.05) is 16.3 Å². The van der Waals surface area contributed by atoms with Crippen LogP contribution in [0.5, 0.6) is 0 Å². The molecule has 0 bridgehead atoms. The van der Waals surface area contributed by atoms with Gasteiger partial charge < -0.3 is 21.7 Å². The van der Waals surface area contributed by atoms with Gasteiger partial charge in [-0.1, -0.05) is 30.3 Å². The Balaban J connectivity index is 2.00. The number of amides is 3. The van der Waals surface area contributed by atoms with Crippen molar-refractivity contribution in [1.29, 1.82) is 0 Å². The zero-order chi connectivity index (χ0) is 28.0. The summed E-state index contributed by atoms with van der Waals surface area (Å²) in [6.45, 7) is 0.366. The second-order valence-electron chi connectivity index (χ2n) is 8.80. The van der Waals surface area contributed by atoms with E-state index in [0.717, 1.165) is 4.90 Å². The molecule has 3 amide bonds. The highest BCUT2D eigenvalue weighted by molar-refractivity contribution is 6.22. The Morgan fingerprint density at radius 3 is 2.32 bits per heavy atom. The molecule has 3 atom stereocenters. The summed E-state index contributed by atoms with van der Waals surface area (Å²) < 4.78 is 0. The summed E-state index contributed by atoms with van der Waals surface area (Å²) in [5, 5.41) is 19.1. The summed E-state index contributed by atoms with van der Waals surface area (Å²) in [5.41, 5.74) is 11.2. The number of hydrogen-bond donors (Lipinski definition) is 4. The molecule has 6 N–H and O–H groups in total. The van der Waals surface area contributed by atoms with Gasteiger partial charge in [-0.05, 0) is 43.7 Å². The maximum absolute atomic E-state index is 13.6. The van der Waals surface area contributed by atoms with Gasteiger partial charge in [-0.2, -0.15) is 0 Å². The van der Waals surface area contributed by atoms with E-state index in [0.29, 0.717) is 24.3 Å². The molecular formula is C26H28N4O8. The van der Waals surface area contributed by atoms with E-state index in [4.69, 9.17) is 16.6 Å². The maximum atomic E-state index is 13.6. The SMILES string of the molecule is NCCCC1CC(=O)N(c2cccc(C(=O)[C@@H](C(=O)O)N(C(=O)[C@@H](N)CC(=O)O)c3ccccc3)c2)C1=O. The number of rotatable bonds is 12. The van der Waals surface area contributed by atoms with Crippen molar-refractivity contribution in [3.63, 3.8) is 0 Å². The van der Waals surface area contributed by atoms with Crippen molar-refractivity contribution in [3.05, 3.63) is 60.2 Å². The lowest BCUT2D eigenvalue weighted by Crippen LogP contribution is -2.55. The Labute approximate surface area is 217 Å². The number of carbonyl (C=O) groups is 6. The van der Waals surface area contributed by atoms with Crippen LogP contribution in [0.2, 0.25) is 0 Å². The van der Waals surface area contributed by atoms with Gasteiger partial charge in [0.05, 0.1) is 18.2 Å². The molecule has 200 valence electrons. The van der Waals surface area contributed by atoms with Gasteiger partial charge in [-0.3, -0.25) is 33.8 Å². The van der Waals surface area contributed by atoms with Crippen LogP contribution < -0.4 is 21.3 Å². The Morgan fingerprint density at radius 2 is 1.71 bits per heavy atom. The highest BCUT2D eigenvalue weighted by atomic mass is 16.4. The van der Waals surface area contributed by atoms with E-state index in [9.17, 15) is 33.9 Å². The Kier molecular flexibility index (Phi) is 9.05. The molecule has 1 unspecified atom stereocenters. The lowest BCUT2D eigenvalue weighted by Gasteiger charge is -2.30. The molecule has 0 aromatic heterocycles. The Morgan fingerprint density at radius 1 is 1.03 bits per heavy atom. The molecule has 1 heterocycles. The van der Waals surface area contributed by atoms with E-state index in [1.807, 2.05) is 0 Å². The molecule has 1 aliphatic rings. The van der Waals surface area contributed by atoms with Crippen LogP contribution >= 0.6 is 0 Å². The zero-order valence-corrected chi connectivity index (χ0v) is 20.4. The first-order valence-electron chi connectivity index (χ1n) is 11.9. The monoisotopic (exact) mass is 524 g/mol. The smallest absolute Gasteiger partial charge is 0.335 e. The minimum absolute atomic E-state index is 0.00743. The summed E-state index contributed by atoms with van der Waals surface area (Å²) in [5.74, 6) is -6.62. The highest BCUT2D eigenvalue weighted by Gasteiger charge is 2.41. The normalized spacial score (nSPS) is 16.7. The van der Waals surface area contributed by atoms with Crippen molar-refractivity contribution < 1.29 is 39.0 Å². The van der Waals surface area contributed by atoms with Crippen LogP contribution in [-0.2, 0) is 24.0 Å². The van der Waals surface area contributed by atoms with E-state index in [1.54, 1.807) is 6.07 Å². The summed E-state index contributed by atoms with van der Waals surface area (Å²) in [7, 11) is 0. The van der Waals surface area contributed by atoms with Crippen LogP contribution in [0.1, 0.15) is 36.0 Å². The van der Waals surface area contributed by atoms with Crippen molar-refractivity contribution in [2.24, 2.45) is 17.4 Å². The minimum atomic E-state index is -2.11. The van der Waals surface area contributed by atoms with E-state index < -0.39 is 59.9 Å². The van der Waals surface area contributed by atoms with Crippen LogP contribution in [0.25, 0.3) is 0 Å². The number of Topliss-reactive ketones (excluding diaryl/α,β-unsaturated/α-hetero) is 1. The number of nitrogens with two attached hydrogens (primary N) is 2. The molecule has 2 aromatic carbocycles. The second kappa shape index (κ2) is 12.2. The van der Waals surface area contributed by atoms with Gasteiger partial charge in [0.15, 0.2) is 11.8 Å². The number of carboxylic acid groups (broad SMARTS) is 2. The first-order chi connectivity index (χ1) is 18.1. The zero-order valence-electron chi connectivity index (χ0n) is 20.4. The molecule has 38 heavy (non-hydrogen) atoms. The third-order valence-corrected chi connectivity index (χ3v) is 6.11. The molecule has 1 fully saturated rings. The predicted octanol–water partition coefficient (Wildman–Crippen LogP) is 0.776. The number of nitrogens with zero attached hydrogens (tertiary/aromatic N) is 2. The van der Waals surface area contributed by atoms with Crippen LogP contribution in [-0.4, -0.2) is 64.3 Å². The summed E-state index contributed by atoms with van der Waals surface area (Å²) in [6.07, 6.45) is 0.195. The molecular weight excluding hydrogens is 496 g/mol. The number of hydrogen-bond acceptors (Lipinski definition) is 8. The summed E-state index contributed by atoms with van der Waals surface area (Å²) in [6, 6.07) is 8.99. The number of imide groups is 1. The van der Waals surface area contributed by atoms with Gasteiger partial charge in [0.2, 0.25) is 17.7 Å². The molecule has 0 spiro atoms. The van der Waals surface area contributed by atoms with Crippen LogP contribution in [0, 0.1) is 5.92 Å². The molecule has 0 radical (unpaired) electrons. The Hall–Kier alpha value is -4.42. The number of carboxylic acids is 2. The number of ketones is 1. The summed E-state index contributed by atoms with van der Waals surface area (Å²) in [4.78, 5) is 77.3. The van der Waals surface area contributed by atoms with Gasteiger partial charge >= 0.3 is 11.9 Å². The number of benzene rings is 2. The van der Waals surface area contributed by atoms with E-state index >= 15 is 0 Å². The predicted molar refractivity (Wildman–Crippen MR) is 135 cm³/mol. The third kappa shape index (κ3) is 6.10. The molecule has 0 aliphatic carbocycles. The van der Waals surface area contributed by atoms with E-state index in [2.05, 4.69) is 0 Å². The average Bonchev–Trinajstić information content (AvgIpc) is 3.17. The number of carbonyl (C=O) groups excluding carboxylic acids is 4. The first kappa shape index (κ1) is 28.2. The first-order valence-corrected chi connectivity index (χ1v) is 11.9. The molecule has 1 aliphatic heterocycles. The minimum Gasteiger partial charge on any atom is -0.481 e. The van der Waals surface area contributed by atoms with Gasteiger partial charge in [-0.25, -0.2) is 4.79 Å². The molecule has 3 rings (SSSR count). The van der Waals surface area contributed by atoms with Crippen molar-refractivity contribution in [2.45, 2.75) is 37.8 Å². The molecule has 1 saturated heterocycles. The lowest BCUT2D eigenvalue weighted by molar-refractivity contribution is -0.140. The quantitative estimate of drug-likeness (QED) is 0.175. The maximum Gasteiger partial charge on any atom is 0.335 e. The topological polar surface area (TPSA) is 201 Å². The molecule has 12 heteroatoms. The average molecular weight is 525 g/mol. The standard InChI is InChI=1S/C26H28N4O8/c27-11-5-7-16-13-20(31)29(24(16)35)18-10-4-6-15(12-18)23(34)22(26(37)38)30(17-8-2-1-3-9-17)25(36)19(28)14-21(32)33/h1-4,6,8-10,12,16,19,22H,5,7,11,13-14,27-28H2,(H,32,33)(H,37,38)/t16?,19-,22-/m0/s1. The highest BCUT2D eigenvalue weighted by Crippen LogP contribution is 2.30. The van der Waals surface area contributed by atoms with Gasteiger partial charge in [-0.15, -0.1) is 0 Å². The third-order valence-electron chi connectivity index (χ3n) is 6.11. The fraction of sp³-hybridized carbons (Fsp3) is 0.308. The summed E-state index contributed by atoms with van der Waals surface area (Å²) >= 11 is 0. The fourth-order valence-electron chi connectivity index (χ4n) is 4.30. The van der Waals surface area contributed by atoms with Crippen LogP contribution in [0.3, 0.4) is 0 Å². The number of anilines is 2. The van der Waals surface area contributed by atoms with Crippen molar-refractivity contribution in [1.82, 2.24) is 0 Å². The van der Waals surface area contributed by atoms with Crippen LogP contribution in [0.15, 0.2) is 54.6 Å². The van der Waals surface area contributed by atoms with Gasteiger partial charge in [0, 0.05) is 23.6 Å². The molecule has 12 nitrogen and oxygen atoms in total. The Bertz CT molecular complexity index is 1250. The van der Waals surface area contributed by atoms with Gasteiger partial charge in [0.1, 0.15) is 0 Å². The van der Waals surface area contributed by atoms with E-state index in [1.165, 1.54) is 48.5 Å².